The Balaban J connectivity index is -0.000000372. The van der Waals surface area contributed by atoms with Gasteiger partial charge in [-0.1, -0.05) is 0 Å². The van der Waals surface area contributed by atoms with Crippen molar-refractivity contribution in [3.63, 3.8) is 0 Å². The summed E-state index contributed by atoms with van der Waals surface area (Å²) in [5.41, 5.74) is 6.12. The molecule has 0 amide bonds. The van der Waals surface area contributed by atoms with E-state index in [1.54, 1.807) is 10.9 Å². The SMILES string of the molecule is CCn1cnc2c([O-])nc(N)nc21.N.O=[N+]([O-])O.[Cl-].[Pt+2]. The van der Waals surface area contributed by atoms with Crippen molar-refractivity contribution in [3.8, 4) is 5.88 Å². The number of nitrogens with two attached hydrogens (primary N) is 1. The van der Waals surface area contributed by atoms with E-state index in [4.69, 9.17) is 21.1 Å². The third-order valence-electron chi connectivity index (χ3n) is 1.79. The maximum Gasteiger partial charge on any atom is 2.00 e. The van der Waals surface area contributed by atoms with Crippen LogP contribution in [0.2, 0.25) is 0 Å². The summed E-state index contributed by atoms with van der Waals surface area (Å²) in [6.07, 6.45) is 1.56. The third-order valence-corrected chi connectivity index (χ3v) is 1.79. The summed E-state index contributed by atoms with van der Waals surface area (Å²) >= 11 is 0. The van der Waals surface area contributed by atoms with Gasteiger partial charge in [0, 0.05) is 12.4 Å². The van der Waals surface area contributed by atoms with E-state index in [1.807, 2.05) is 6.92 Å². The average molecular weight is 489 g/mol. The number of imidazole rings is 1. The van der Waals surface area contributed by atoms with Crippen molar-refractivity contribution in [2.75, 3.05) is 5.73 Å². The first-order valence-corrected chi connectivity index (χ1v) is 4.44. The maximum absolute atomic E-state index is 11.2. The number of aryl methyl sites for hydroxylation is 1. The van der Waals surface area contributed by atoms with Crippen LogP contribution in [0.4, 0.5) is 5.95 Å². The molecule has 13 heteroatoms. The zero-order valence-corrected chi connectivity index (χ0v) is 13.2. The molecule has 0 aromatic carbocycles. The van der Waals surface area contributed by atoms with Crippen molar-refractivity contribution >= 4 is 17.1 Å². The number of rotatable bonds is 1. The van der Waals surface area contributed by atoms with Gasteiger partial charge in [0.05, 0.1) is 6.33 Å². The summed E-state index contributed by atoms with van der Waals surface area (Å²) in [6, 6.07) is 0. The van der Waals surface area contributed by atoms with Gasteiger partial charge in [0.1, 0.15) is 5.52 Å². The van der Waals surface area contributed by atoms with Crippen LogP contribution >= 0.6 is 0 Å². The van der Waals surface area contributed by atoms with Crippen LogP contribution in [-0.4, -0.2) is 29.8 Å². The predicted molar refractivity (Wildman–Crippen MR) is 58.7 cm³/mol. The number of nitrogen functional groups attached to an aromatic ring is 1. The van der Waals surface area contributed by atoms with Gasteiger partial charge in [0.15, 0.2) is 5.65 Å². The van der Waals surface area contributed by atoms with Crippen molar-refractivity contribution in [3.05, 3.63) is 16.4 Å². The minimum Gasteiger partial charge on any atom is -1.00 e. The molecule has 0 fully saturated rings. The Labute approximate surface area is 133 Å². The smallest absolute Gasteiger partial charge is 1.00 e. The van der Waals surface area contributed by atoms with E-state index in [2.05, 4.69) is 15.0 Å². The first kappa shape index (κ1) is 23.4. The molecular weight excluding hydrogens is 477 g/mol. The number of hydrogen-bond donors (Lipinski definition) is 3. The third kappa shape index (κ3) is 5.95. The molecule has 0 saturated heterocycles. The summed E-state index contributed by atoms with van der Waals surface area (Å²) in [6.45, 7) is 2.64. The fraction of sp³-hybridized carbons (Fsp3) is 0.286. The first-order valence-electron chi connectivity index (χ1n) is 4.44. The second kappa shape index (κ2) is 10.1. The van der Waals surface area contributed by atoms with Crippen LogP contribution in [-0.2, 0) is 27.6 Å². The van der Waals surface area contributed by atoms with Gasteiger partial charge in [-0.3, -0.25) is 0 Å². The Morgan fingerprint density at radius 3 is 2.45 bits per heavy atom. The van der Waals surface area contributed by atoms with E-state index in [9.17, 15) is 5.11 Å². The van der Waals surface area contributed by atoms with Gasteiger partial charge in [0.2, 0.25) is 5.95 Å². The number of hydrogen-bond acceptors (Lipinski definition) is 8. The summed E-state index contributed by atoms with van der Waals surface area (Å²) in [4.78, 5) is 19.7. The monoisotopic (exact) mass is 488 g/mol. The van der Waals surface area contributed by atoms with Gasteiger partial charge >= 0.3 is 21.1 Å². The molecule has 20 heavy (non-hydrogen) atoms. The number of nitrogens with zero attached hydrogens (tertiary/aromatic N) is 5. The van der Waals surface area contributed by atoms with Gasteiger partial charge in [-0.15, -0.1) is 10.1 Å². The molecule has 0 unspecified atom stereocenters. The van der Waals surface area contributed by atoms with E-state index in [1.165, 1.54) is 0 Å². The standard InChI is InChI=1S/C7H9N5O.ClH.HNO3.H3N.Pt/c1-2-12-3-9-4-5(12)10-7(8)11-6(4)13;;2-1(3)4;;/h3H,2H2,1H3,(H3,8,10,11,13);1H;(H,2,3,4);1H3;/q;;;;+2/p-2. The Morgan fingerprint density at radius 2 is 2.00 bits per heavy atom. The zero-order valence-electron chi connectivity index (χ0n) is 10.2. The largest absolute Gasteiger partial charge is 2.00 e. The minimum absolute atomic E-state index is 0. The predicted octanol–water partition coefficient (Wildman–Crippen LogP) is -3.68. The molecule has 0 radical (unpaired) electrons. The molecule has 0 spiro atoms. The second-order valence-corrected chi connectivity index (χ2v) is 2.83. The Bertz CT molecular complexity index is 547. The molecule has 2 heterocycles. The molecule has 2 aromatic heterocycles. The Hall–Kier alpha value is -1.71. The zero-order chi connectivity index (χ0) is 13.0. The molecule has 0 atom stereocenters. The van der Waals surface area contributed by atoms with Crippen LogP contribution < -0.4 is 29.4 Å². The number of fused-ring (bicyclic) bond motifs is 1. The molecule has 11 nitrogen and oxygen atoms in total. The number of aromatic nitrogens is 4. The quantitative estimate of drug-likeness (QED) is 0.268. The molecule has 6 N–H and O–H groups in total. The van der Waals surface area contributed by atoms with Crippen molar-refractivity contribution in [1.82, 2.24) is 25.7 Å². The first-order chi connectivity index (χ1) is 7.95. The van der Waals surface area contributed by atoms with Gasteiger partial charge in [0.25, 0.3) is 5.09 Å². The van der Waals surface area contributed by atoms with E-state index >= 15 is 0 Å². The second-order valence-electron chi connectivity index (χ2n) is 2.83. The summed E-state index contributed by atoms with van der Waals surface area (Å²) < 4.78 is 1.74. The Kier molecular flexibility index (Phi) is 11.8. The minimum atomic E-state index is -1.50. The van der Waals surface area contributed by atoms with Crippen LogP contribution in [0.15, 0.2) is 6.33 Å². The van der Waals surface area contributed by atoms with Crippen LogP contribution in [0.5, 0.6) is 5.88 Å². The van der Waals surface area contributed by atoms with Gasteiger partial charge < -0.3 is 39.2 Å². The maximum atomic E-state index is 11.2. The van der Waals surface area contributed by atoms with Gasteiger partial charge in [-0.05, 0) is 6.92 Å². The van der Waals surface area contributed by atoms with Crippen LogP contribution in [0.25, 0.3) is 11.2 Å². The summed E-state index contributed by atoms with van der Waals surface area (Å²) in [5, 5.41) is 24.9. The molecule has 2 rings (SSSR count). The number of anilines is 1. The van der Waals surface area contributed by atoms with Crippen molar-refractivity contribution in [2.24, 2.45) is 0 Å². The molecular formula is C7H12ClN7O4Pt. The number of halogens is 1. The van der Waals surface area contributed by atoms with Crippen LogP contribution in [0.3, 0.4) is 0 Å². The van der Waals surface area contributed by atoms with E-state index in [-0.39, 0.29) is 51.1 Å². The molecule has 0 aliphatic heterocycles. The summed E-state index contributed by atoms with van der Waals surface area (Å²) in [7, 11) is 0. The fourth-order valence-corrected chi connectivity index (χ4v) is 1.17. The molecule has 2 aromatic rings. The van der Waals surface area contributed by atoms with Crippen LogP contribution in [0.1, 0.15) is 6.92 Å². The fourth-order valence-electron chi connectivity index (χ4n) is 1.17. The van der Waals surface area contributed by atoms with Gasteiger partial charge in [-0.2, -0.15) is 4.98 Å². The van der Waals surface area contributed by atoms with Crippen molar-refractivity contribution in [2.45, 2.75) is 13.5 Å². The van der Waals surface area contributed by atoms with Crippen molar-refractivity contribution < 1.29 is 48.9 Å². The molecule has 0 aliphatic carbocycles. The molecule has 116 valence electrons. The summed E-state index contributed by atoms with van der Waals surface area (Å²) in [5.74, 6) is -0.428. The molecule has 0 saturated carbocycles. The molecule has 0 aliphatic rings. The average Bonchev–Trinajstić information content (AvgIpc) is 2.59. The van der Waals surface area contributed by atoms with Crippen LogP contribution in [0, 0.1) is 10.1 Å². The van der Waals surface area contributed by atoms with Crippen molar-refractivity contribution in [1.29, 1.82) is 0 Å². The van der Waals surface area contributed by atoms with E-state index < -0.39 is 11.0 Å². The van der Waals surface area contributed by atoms with Gasteiger partial charge in [-0.25, -0.2) is 9.97 Å². The Morgan fingerprint density at radius 1 is 1.50 bits per heavy atom. The molecule has 0 bridgehead atoms. The normalized spacial score (nSPS) is 8.25. The topological polar surface area (TPSA) is 191 Å². The van der Waals surface area contributed by atoms with E-state index in [0.29, 0.717) is 12.2 Å². The van der Waals surface area contributed by atoms with E-state index in [0.717, 1.165) is 0 Å².